The second-order valence-electron chi connectivity index (χ2n) is 10.6. The zero-order valence-corrected chi connectivity index (χ0v) is 21.0. The smallest absolute Gasteiger partial charge is 0.441 e. The van der Waals surface area contributed by atoms with Crippen LogP contribution in [0, 0.1) is 11.2 Å². The summed E-state index contributed by atoms with van der Waals surface area (Å²) >= 11 is 0. The second-order valence-corrected chi connectivity index (χ2v) is 12.7. The van der Waals surface area contributed by atoms with Gasteiger partial charge >= 0.3 is 13.2 Å². The van der Waals surface area contributed by atoms with Crippen molar-refractivity contribution in [2.24, 2.45) is 5.41 Å². The molecule has 1 radical (unpaired) electrons. The number of cyclic esters (lactones) is 1. The number of rotatable bonds is 5. The van der Waals surface area contributed by atoms with Crippen LogP contribution in [0.1, 0.15) is 48.5 Å². The normalized spacial score (nSPS) is 24.1. The molecule has 0 spiro atoms. The minimum atomic E-state index is -0.989. The van der Waals surface area contributed by atoms with E-state index >= 15 is 4.39 Å². The first-order chi connectivity index (χ1) is 14.1. The molecule has 0 bridgehead atoms. The monoisotopic (exact) mass is 450 g/mol. The molecule has 2 aliphatic rings. The lowest BCUT2D eigenvalue weighted by atomic mass is 9.78. The number of carbonyl (C=O) groups is 1. The first kappa shape index (κ1) is 24.2. The van der Waals surface area contributed by atoms with Crippen LogP contribution in [-0.4, -0.2) is 52.2 Å². The van der Waals surface area contributed by atoms with Gasteiger partial charge in [0.15, 0.2) is 0 Å². The molecule has 0 N–H and O–H groups in total. The van der Waals surface area contributed by atoms with E-state index < -0.39 is 45.4 Å². The van der Waals surface area contributed by atoms with Gasteiger partial charge in [-0.25, -0.2) is 9.18 Å². The summed E-state index contributed by atoms with van der Waals surface area (Å²) in [4.78, 5) is 14.1. The van der Waals surface area contributed by atoms with Crippen LogP contribution in [0.5, 0.6) is 0 Å². The predicted octanol–water partition coefficient (Wildman–Crippen LogP) is 4.13. The van der Waals surface area contributed by atoms with Crippen LogP contribution >= 0.6 is 0 Å². The number of benzene rings is 1. The second kappa shape index (κ2) is 8.17. The fraction of sp³-hybridized carbons (Fsp3) is 0.682. The Kier molecular flexibility index (Phi) is 6.39. The van der Waals surface area contributed by atoms with Crippen molar-refractivity contribution in [3.63, 3.8) is 0 Å². The van der Waals surface area contributed by atoms with Gasteiger partial charge in [0.2, 0.25) is 9.04 Å². The number of anilines is 1. The number of halogens is 1. The van der Waals surface area contributed by atoms with Gasteiger partial charge in [-0.2, -0.15) is 0 Å². The van der Waals surface area contributed by atoms with Crippen LogP contribution in [-0.2, 0) is 18.5 Å². The number of hydrogen-bond donors (Lipinski definition) is 0. The van der Waals surface area contributed by atoms with Gasteiger partial charge in [0, 0.05) is 5.46 Å². The van der Waals surface area contributed by atoms with Crippen LogP contribution in [0.4, 0.5) is 14.9 Å². The minimum absolute atomic E-state index is 0.200. The molecule has 6 nitrogen and oxygen atoms in total. The zero-order chi connectivity index (χ0) is 23.4. The third-order valence-electron chi connectivity index (χ3n) is 6.19. The molecule has 2 aliphatic heterocycles. The van der Waals surface area contributed by atoms with Crippen molar-refractivity contribution in [2.75, 3.05) is 11.4 Å². The summed E-state index contributed by atoms with van der Waals surface area (Å²) in [6, 6.07) is 4.66. The van der Waals surface area contributed by atoms with E-state index in [2.05, 4.69) is 33.9 Å². The molecule has 2 heterocycles. The summed E-state index contributed by atoms with van der Waals surface area (Å²) < 4.78 is 38.8. The average molecular weight is 450 g/mol. The van der Waals surface area contributed by atoms with E-state index in [-0.39, 0.29) is 11.5 Å². The maximum absolute atomic E-state index is 15.0. The van der Waals surface area contributed by atoms with Crippen LogP contribution in [0.3, 0.4) is 0 Å². The molecule has 0 aromatic heterocycles. The highest BCUT2D eigenvalue weighted by atomic mass is 28.3. The van der Waals surface area contributed by atoms with Gasteiger partial charge in [0.25, 0.3) is 0 Å². The van der Waals surface area contributed by atoms with Crippen molar-refractivity contribution in [1.29, 1.82) is 0 Å². The largest absolute Gasteiger partial charge is 0.497 e. The predicted molar refractivity (Wildman–Crippen MR) is 122 cm³/mol. The van der Waals surface area contributed by atoms with E-state index in [0.717, 1.165) is 0 Å². The maximum atomic E-state index is 15.0. The van der Waals surface area contributed by atoms with Crippen molar-refractivity contribution in [2.45, 2.75) is 85.0 Å². The van der Waals surface area contributed by atoms with Crippen molar-refractivity contribution in [3.8, 4) is 0 Å². The Balaban J connectivity index is 1.80. The van der Waals surface area contributed by atoms with Gasteiger partial charge in [0.1, 0.15) is 11.9 Å². The molecule has 1 aromatic rings. The molecule has 171 valence electrons. The first-order valence-electron chi connectivity index (χ1n) is 10.7. The first-order valence-corrected chi connectivity index (χ1v) is 13.1. The number of carbonyl (C=O) groups excluding carboxylic acids is 1. The third kappa shape index (κ3) is 4.84. The minimum Gasteiger partial charge on any atom is -0.441 e. The summed E-state index contributed by atoms with van der Waals surface area (Å²) in [5, 5.41) is 0. The molecule has 2 fully saturated rings. The summed E-state index contributed by atoms with van der Waals surface area (Å²) in [5.41, 5.74) is -0.567. The summed E-state index contributed by atoms with van der Waals surface area (Å²) in [7, 11) is -1.79. The fourth-order valence-corrected chi connectivity index (χ4v) is 4.78. The molecule has 3 rings (SSSR count). The maximum Gasteiger partial charge on any atom is 0.497 e. The number of amides is 1. The Hall–Kier alpha value is -1.42. The van der Waals surface area contributed by atoms with Crippen molar-refractivity contribution < 1.29 is 27.7 Å². The fourth-order valence-electron chi connectivity index (χ4n) is 3.76. The highest BCUT2D eigenvalue weighted by Crippen LogP contribution is 2.37. The summed E-state index contributed by atoms with van der Waals surface area (Å²) in [6.07, 6.45) is -1.15. The molecule has 9 heteroatoms. The van der Waals surface area contributed by atoms with Gasteiger partial charge in [-0.1, -0.05) is 26.8 Å². The van der Waals surface area contributed by atoms with E-state index in [0.29, 0.717) is 17.7 Å². The Morgan fingerprint density at radius 1 is 1.19 bits per heavy atom. The summed E-state index contributed by atoms with van der Waals surface area (Å²) in [6.45, 7) is 18.3. The van der Waals surface area contributed by atoms with Crippen LogP contribution in [0.15, 0.2) is 18.2 Å². The number of hydrogen-bond acceptors (Lipinski definition) is 5. The lowest BCUT2D eigenvalue weighted by molar-refractivity contribution is -0.0143. The van der Waals surface area contributed by atoms with Crippen molar-refractivity contribution in [3.05, 3.63) is 24.0 Å². The molecular formula is C22H34BFNO5Si. The molecule has 1 aromatic carbocycles. The van der Waals surface area contributed by atoms with Gasteiger partial charge in [-0.15, -0.1) is 0 Å². The Morgan fingerprint density at radius 3 is 2.26 bits per heavy atom. The lowest BCUT2D eigenvalue weighted by Crippen LogP contribution is -2.44. The van der Waals surface area contributed by atoms with Crippen LogP contribution in [0.2, 0.25) is 13.1 Å². The molecule has 1 unspecified atom stereocenters. The van der Waals surface area contributed by atoms with E-state index in [1.165, 1.54) is 11.0 Å². The summed E-state index contributed by atoms with van der Waals surface area (Å²) in [5.74, 6) is -0.483. The van der Waals surface area contributed by atoms with Crippen LogP contribution in [0.25, 0.3) is 0 Å². The topological polar surface area (TPSA) is 57.2 Å². The molecule has 0 aliphatic carbocycles. The van der Waals surface area contributed by atoms with E-state index in [4.69, 9.17) is 18.5 Å². The Labute approximate surface area is 187 Å². The zero-order valence-electron chi connectivity index (χ0n) is 20.0. The quantitative estimate of drug-likeness (QED) is 0.632. The number of nitrogens with zero attached hydrogens (tertiary/aromatic N) is 1. The Bertz CT molecular complexity index is 826. The number of ether oxygens (including phenoxy) is 1. The average Bonchev–Trinajstić information content (AvgIpc) is 3.07. The van der Waals surface area contributed by atoms with E-state index in [1.54, 1.807) is 12.1 Å². The highest BCUT2D eigenvalue weighted by Gasteiger charge is 2.52. The lowest BCUT2D eigenvalue weighted by Gasteiger charge is -2.35. The van der Waals surface area contributed by atoms with Crippen molar-refractivity contribution >= 4 is 33.4 Å². The SMILES string of the molecule is C[Si](C)O[C@@H](C1CN(c2ccc(B3OC(C)(C)C(C)(C)O3)c(F)c2)C(=O)O1)C(C)(C)C. The molecule has 31 heavy (non-hydrogen) atoms. The van der Waals surface area contributed by atoms with Gasteiger partial charge < -0.3 is 18.5 Å². The van der Waals surface area contributed by atoms with Gasteiger partial charge in [-0.05, 0) is 58.3 Å². The molecule has 2 atom stereocenters. The van der Waals surface area contributed by atoms with Gasteiger partial charge in [-0.3, -0.25) is 4.90 Å². The van der Waals surface area contributed by atoms with E-state index in [1.807, 2.05) is 27.7 Å². The van der Waals surface area contributed by atoms with Crippen LogP contribution < -0.4 is 10.4 Å². The van der Waals surface area contributed by atoms with Gasteiger partial charge in [0.05, 0.1) is 29.5 Å². The Morgan fingerprint density at radius 2 is 1.77 bits per heavy atom. The molecule has 1 amide bonds. The standard InChI is InChI=1S/C22H34BFNO5Si/c1-20(2,3)18(28-31(8)9)17-13-25(19(26)27-17)14-10-11-15(16(24)12-14)23-29-21(4,5)22(6,7)30-23/h10-12,17-18H,13H2,1-9H3/t17?,18-/m0/s1. The molecule has 2 saturated heterocycles. The highest BCUT2D eigenvalue weighted by molar-refractivity contribution is 6.62. The molecule has 0 saturated carbocycles. The molecular weight excluding hydrogens is 416 g/mol. The van der Waals surface area contributed by atoms with Crippen molar-refractivity contribution in [1.82, 2.24) is 0 Å². The third-order valence-corrected chi connectivity index (χ3v) is 6.92. The van der Waals surface area contributed by atoms with E-state index in [9.17, 15) is 4.79 Å².